The molecule has 2 aromatic rings. The van der Waals surface area contributed by atoms with Gasteiger partial charge in [0, 0.05) is 13.1 Å². The van der Waals surface area contributed by atoms with E-state index in [1.165, 1.54) is 9.80 Å². The van der Waals surface area contributed by atoms with Crippen LogP contribution in [0.3, 0.4) is 0 Å². The minimum atomic E-state index is -1.17. The Morgan fingerprint density at radius 2 is 1.16 bits per heavy atom. The van der Waals surface area contributed by atoms with Crippen LogP contribution in [0.2, 0.25) is 0 Å². The van der Waals surface area contributed by atoms with Crippen LogP contribution < -0.4 is 10.6 Å². The number of anilines is 2. The topological polar surface area (TPSA) is 197 Å². The molecule has 2 amide bonds. The Hall–Kier alpha value is -2.64. The number of carbonyl (C=O) groups excluding carboxylic acids is 2. The van der Waals surface area contributed by atoms with Crippen molar-refractivity contribution in [2.75, 3.05) is 49.9 Å². The summed E-state index contributed by atoms with van der Waals surface area (Å²) in [7, 11) is 0. The summed E-state index contributed by atoms with van der Waals surface area (Å²) in [6.45, 7) is -1.48. The molecule has 0 aliphatic carbocycles. The van der Waals surface area contributed by atoms with Crippen LogP contribution in [0, 0.1) is 7.91 Å². The first-order chi connectivity index (χ1) is 15.1. The highest BCUT2D eigenvalue weighted by Crippen LogP contribution is 2.11. The van der Waals surface area contributed by atoms with E-state index in [0.717, 1.165) is 22.7 Å². The predicted octanol–water partition coefficient (Wildman–Crippen LogP) is 0.0652. The lowest BCUT2D eigenvalue weighted by atomic mass is 10.3. The zero-order chi connectivity index (χ0) is 23.7. The second kappa shape index (κ2) is 12.4. The summed E-state index contributed by atoms with van der Waals surface area (Å²) < 4.78 is 0.731. The molecule has 0 unspecified atom stereocenters. The average Bonchev–Trinajstić information content (AvgIpc) is 3.26. The molecule has 32 heavy (non-hydrogen) atoms. The third-order valence-electron chi connectivity index (χ3n) is 3.55. The molecule has 2 heterocycles. The summed E-state index contributed by atoms with van der Waals surface area (Å²) in [6.07, 6.45) is 0. The van der Waals surface area contributed by atoms with Crippen molar-refractivity contribution in [2.45, 2.75) is 0 Å². The molecule has 0 saturated carbocycles. The van der Waals surface area contributed by atoms with Crippen molar-refractivity contribution in [3.05, 3.63) is 7.91 Å². The Bertz CT molecular complexity index is 993. The van der Waals surface area contributed by atoms with Gasteiger partial charge in [0.1, 0.15) is 0 Å². The van der Waals surface area contributed by atoms with Crippen LogP contribution in [0.15, 0.2) is 0 Å². The second-order valence-corrected chi connectivity index (χ2v) is 9.47. The molecule has 0 aliphatic rings. The number of hydrogen-bond donors (Lipinski definition) is 6. The van der Waals surface area contributed by atoms with Crippen molar-refractivity contribution in [3.63, 3.8) is 0 Å². The highest BCUT2D eigenvalue weighted by molar-refractivity contribution is 7.73. The quantitative estimate of drug-likeness (QED) is 0.194. The molecule has 0 radical (unpaired) electrons. The first-order valence-corrected chi connectivity index (χ1v) is 11.1. The fourth-order valence-electron chi connectivity index (χ4n) is 2.38. The van der Waals surface area contributed by atoms with Gasteiger partial charge in [-0.05, 0) is 24.4 Å². The van der Waals surface area contributed by atoms with Gasteiger partial charge in [0.25, 0.3) is 0 Å². The highest BCUT2D eigenvalue weighted by Gasteiger charge is 2.19. The van der Waals surface area contributed by atoms with Crippen molar-refractivity contribution in [3.8, 4) is 0 Å². The molecule has 0 atom stereocenters. The highest BCUT2D eigenvalue weighted by atomic mass is 32.2. The molecular weight excluding hydrogens is 504 g/mol. The number of carboxylic acid groups (broad SMARTS) is 2. The Morgan fingerprint density at radius 3 is 1.44 bits per heavy atom. The van der Waals surface area contributed by atoms with E-state index in [9.17, 15) is 19.2 Å². The van der Waals surface area contributed by atoms with Gasteiger partial charge in [-0.3, -0.25) is 49.8 Å². The van der Waals surface area contributed by atoms with Gasteiger partial charge in [0.15, 0.2) is 7.91 Å². The lowest BCUT2D eigenvalue weighted by Crippen LogP contribution is -2.44. The monoisotopic (exact) mass is 522 g/mol. The number of nitrogens with one attached hydrogen (secondary N) is 4. The zero-order valence-corrected chi connectivity index (χ0v) is 19.5. The van der Waals surface area contributed by atoms with Crippen molar-refractivity contribution in [1.82, 2.24) is 30.2 Å². The molecule has 2 aromatic heterocycles. The van der Waals surface area contributed by atoms with Gasteiger partial charge in [-0.1, -0.05) is 22.7 Å². The van der Waals surface area contributed by atoms with Crippen molar-refractivity contribution >= 4 is 81.1 Å². The molecule has 0 aliphatic heterocycles. The van der Waals surface area contributed by atoms with Crippen LogP contribution in [-0.4, -0.2) is 103 Å². The van der Waals surface area contributed by atoms with E-state index >= 15 is 0 Å². The number of rotatable bonds is 13. The first-order valence-electron chi connectivity index (χ1n) is 8.69. The van der Waals surface area contributed by atoms with Crippen molar-refractivity contribution < 1.29 is 29.4 Å². The maximum absolute atomic E-state index is 12.2. The molecule has 18 heteroatoms. The summed E-state index contributed by atoms with van der Waals surface area (Å²) in [6, 6.07) is 0. The summed E-state index contributed by atoms with van der Waals surface area (Å²) >= 11 is 11.8. The molecule has 0 saturated heterocycles. The number of aromatic amines is 2. The van der Waals surface area contributed by atoms with Gasteiger partial charge in [0.2, 0.25) is 22.1 Å². The van der Waals surface area contributed by atoms with E-state index < -0.39 is 36.8 Å². The molecule has 0 bridgehead atoms. The van der Waals surface area contributed by atoms with Gasteiger partial charge in [-0.25, -0.2) is 0 Å². The molecular formula is C14H18N8O6S4. The van der Waals surface area contributed by atoms with E-state index in [-0.39, 0.29) is 36.4 Å². The normalized spacial score (nSPS) is 10.9. The van der Waals surface area contributed by atoms with Crippen molar-refractivity contribution in [2.24, 2.45) is 0 Å². The number of amides is 2. The zero-order valence-electron chi connectivity index (χ0n) is 16.2. The minimum Gasteiger partial charge on any atom is -0.480 e. The smallest absolute Gasteiger partial charge is 0.317 e. The SMILES string of the molecule is O=C(O)CN(CCN(CC(=O)O)CC(=O)Nc1n[nH]c(=S)s1)CC(=O)Nc1n[nH]c(=S)s1. The van der Waals surface area contributed by atoms with E-state index in [4.69, 9.17) is 34.6 Å². The minimum absolute atomic E-state index is 0.0118. The Kier molecular flexibility index (Phi) is 9.94. The number of nitrogens with zero attached hydrogens (tertiary/aromatic N) is 4. The largest absolute Gasteiger partial charge is 0.480 e. The van der Waals surface area contributed by atoms with E-state index in [2.05, 4.69) is 31.0 Å². The standard InChI is InChI=1S/C14H18N8O6S4/c23-7(15-11-17-19-13(29)31-11)3-21(5-9(25)26)1-2-22(6-10(27)28)4-8(24)16-12-18-20-14(30)32-12/h1-6H2,(H,19,29)(H,20,30)(H,25,26)(H,27,28)(H,15,17,23)(H,16,18,24). The van der Waals surface area contributed by atoms with Gasteiger partial charge >= 0.3 is 11.9 Å². The number of aliphatic carboxylic acids is 2. The molecule has 6 N–H and O–H groups in total. The maximum atomic E-state index is 12.2. The van der Waals surface area contributed by atoms with Gasteiger partial charge in [-0.15, -0.1) is 10.2 Å². The predicted molar refractivity (Wildman–Crippen MR) is 120 cm³/mol. The number of carbonyl (C=O) groups is 4. The van der Waals surface area contributed by atoms with Crippen LogP contribution in [0.5, 0.6) is 0 Å². The summed E-state index contributed by atoms with van der Waals surface area (Å²) in [5.41, 5.74) is 0. The lowest BCUT2D eigenvalue weighted by molar-refractivity contribution is -0.140. The van der Waals surface area contributed by atoms with Gasteiger partial charge in [-0.2, -0.15) is 0 Å². The molecule has 174 valence electrons. The lowest BCUT2D eigenvalue weighted by Gasteiger charge is -2.24. The number of carboxylic acids is 2. The van der Waals surface area contributed by atoms with Gasteiger partial charge < -0.3 is 10.2 Å². The number of H-pyrrole nitrogens is 2. The summed E-state index contributed by atoms with van der Waals surface area (Å²) in [4.78, 5) is 49.3. The molecule has 14 nitrogen and oxygen atoms in total. The Balaban J connectivity index is 1.95. The average molecular weight is 523 g/mol. The third kappa shape index (κ3) is 9.66. The molecule has 2 rings (SSSR count). The fourth-order valence-corrected chi connectivity index (χ4v) is 3.99. The molecule has 0 fully saturated rings. The van der Waals surface area contributed by atoms with E-state index in [0.29, 0.717) is 7.91 Å². The number of hydrogen-bond acceptors (Lipinski definition) is 12. The summed E-state index contributed by atoms with van der Waals surface area (Å²) in [5, 5.41) is 36.3. The Morgan fingerprint density at radius 1 is 0.781 bits per heavy atom. The fraction of sp³-hybridized carbons (Fsp3) is 0.429. The van der Waals surface area contributed by atoms with Crippen molar-refractivity contribution in [1.29, 1.82) is 0 Å². The Labute approximate surface area is 198 Å². The molecule has 0 aromatic carbocycles. The molecule has 0 spiro atoms. The van der Waals surface area contributed by atoms with E-state index in [1.807, 2.05) is 0 Å². The van der Waals surface area contributed by atoms with Crippen LogP contribution >= 0.6 is 47.1 Å². The van der Waals surface area contributed by atoms with E-state index in [1.54, 1.807) is 0 Å². The van der Waals surface area contributed by atoms with Crippen LogP contribution in [0.25, 0.3) is 0 Å². The first kappa shape index (κ1) is 25.6. The summed E-state index contributed by atoms with van der Waals surface area (Å²) in [5.74, 6) is -3.39. The third-order valence-corrected chi connectivity index (χ3v) is 5.56. The maximum Gasteiger partial charge on any atom is 0.317 e. The second-order valence-electron chi connectivity index (χ2n) is 6.14. The number of aromatic nitrogens is 4. The van der Waals surface area contributed by atoms with Crippen LogP contribution in [0.4, 0.5) is 10.3 Å². The van der Waals surface area contributed by atoms with Crippen LogP contribution in [-0.2, 0) is 19.2 Å². The van der Waals surface area contributed by atoms with Crippen LogP contribution in [0.1, 0.15) is 0 Å². The van der Waals surface area contributed by atoms with Gasteiger partial charge in [0.05, 0.1) is 26.2 Å².